The van der Waals surface area contributed by atoms with Crippen LogP contribution in [-0.2, 0) is 9.59 Å². The van der Waals surface area contributed by atoms with Gasteiger partial charge in [0.15, 0.2) is 0 Å². The van der Waals surface area contributed by atoms with Crippen LogP contribution in [0.1, 0.15) is 25.7 Å². The number of alkyl halides is 3. The summed E-state index contributed by atoms with van der Waals surface area (Å²) in [7, 11) is 0. The molecule has 1 aliphatic rings. The maximum atomic E-state index is 12.6. The quantitative estimate of drug-likeness (QED) is 0.738. The van der Waals surface area contributed by atoms with Gasteiger partial charge in [-0.05, 0) is 19.3 Å². The fourth-order valence-electron chi connectivity index (χ4n) is 2.28. The molecule has 1 fully saturated rings. The summed E-state index contributed by atoms with van der Waals surface area (Å²) < 4.78 is 37.8. The highest BCUT2D eigenvalue weighted by molar-refractivity contribution is 7.99. The van der Waals surface area contributed by atoms with Crippen LogP contribution < -0.4 is 5.32 Å². The van der Waals surface area contributed by atoms with Crippen LogP contribution in [0.15, 0.2) is 0 Å². The molecule has 0 aromatic heterocycles. The Labute approximate surface area is 119 Å². The molecule has 0 saturated heterocycles. The van der Waals surface area contributed by atoms with Crippen molar-refractivity contribution in [3.63, 3.8) is 0 Å². The molecule has 1 amide bonds. The molecule has 116 valence electrons. The molecule has 2 unspecified atom stereocenters. The van der Waals surface area contributed by atoms with E-state index in [1.54, 1.807) is 0 Å². The maximum Gasteiger partial charge on any atom is 0.391 e. The largest absolute Gasteiger partial charge is 0.481 e. The molecule has 0 radical (unpaired) electrons. The molecule has 8 heteroatoms. The number of nitrogens with one attached hydrogen (secondary N) is 1. The molecule has 0 bridgehead atoms. The van der Waals surface area contributed by atoms with Gasteiger partial charge in [0.05, 0.1) is 11.7 Å². The highest BCUT2D eigenvalue weighted by atomic mass is 32.2. The number of rotatable bonds is 6. The van der Waals surface area contributed by atoms with Gasteiger partial charge in [-0.2, -0.15) is 13.2 Å². The lowest BCUT2D eigenvalue weighted by Gasteiger charge is -2.29. The summed E-state index contributed by atoms with van der Waals surface area (Å²) in [6.07, 6.45) is -3.37. The van der Waals surface area contributed by atoms with Crippen LogP contribution >= 0.6 is 11.8 Å². The van der Waals surface area contributed by atoms with Gasteiger partial charge in [0.2, 0.25) is 5.91 Å². The molecule has 0 aromatic carbocycles. The van der Waals surface area contributed by atoms with Gasteiger partial charge in [0, 0.05) is 18.2 Å². The van der Waals surface area contributed by atoms with Crippen molar-refractivity contribution in [2.45, 2.75) is 31.9 Å². The van der Waals surface area contributed by atoms with Crippen molar-refractivity contribution in [3.8, 4) is 0 Å². The number of carboxylic acid groups (broad SMARTS) is 1. The van der Waals surface area contributed by atoms with E-state index < -0.39 is 24.0 Å². The molecule has 20 heavy (non-hydrogen) atoms. The summed E-state index contributed by atoms with van der Waals surface area (Å²) in [5.74, 6) is -2.85. The third kappa shape index (κ3) is 6.02. The van der Waals surface area contributed by atoms with Gasteiger partial charge in [0.1, 0.15) is 0 Å². The van der Waals surface area contributed by atoms with Crippen LogP contribution in [0.2, 0.25) is 0 Å². The van der Waals surface area contributed by atoms with Crippen LogP contribution in [-0.4, -0.2) is 41.2 Å². The van der Waals surface area contributed by atoms with Crippen LogP contribution in [0, 0.1) is 11.8 Å². The second kappa shape index (κ2) is 7.75. The van der Waals surface area contributed by atoms with E-state index in [0.717, 1.165) is 11.8 Å². The minimum Gasteiger partial charge on any atom is -0.481 e. The highest BCUT2D eigenvalue weighted by Crippen LogP contribution is 2.39. The number of hydrogen-bond acceptors (Lipinski definition) is 3. The van der Waals surface area contributed by atoms with Gasteiger partial charge in [0.25, 0.3) is 0 Å². The number of amides is 1. The summed E-state index contributed by atoms with van der Waals surface area (Å²) >= 11 is 1.16. The fourth-order valence-corrected chi connectivity index (χ4v) is 2.84. The zero-order chi connectivity index (χ0) is 15.2. The fraction of sp³-hybridized carbons (Fsp3) is 0.833. The van der Waals surface area contributed by atoms with E-state index in [9.17, 15) is 22.8 Å². The molecule has 0 heterocycles. The average molecular weight is 313 g/mol. The number of carboxylic acids is 1. The summed E-state index contributed by atoms with van der Waals surface area (Å²) in [6, 6.07) is 0. The van der Waals surface area contributed by atoms with E-state index in [1.807, 2.05) is 0 Å². The second-order valence-corrected chi connectivity index (χ2v) is 5.94. The van der Waals surface area contributed by atoms with E-state index in [2.05, 4.69) is 5.32 Å². The Morgan fingerprint density at radius 2 is 2.00 bits per heavy atom. The molecule has 0 aliphatic heterocycles. The Kier molecular flexibility index (Phi) is 6.64. The molecular weight excluding hydrogens is 295 g/mol. The first kappa shape index (κ1) is 17.1. The van der Waals surface area contributed by atoms with Crippen molar-refractivity contribution in [3.05, 3.63) is 0 Å². The number of hydrogen-bond donors (Lipinski definition) is 2. The second-order valence-electron chi connectivity index (χ2n) is 4.84. The first-order valence-corrected chi connectivity index (χ1v) is 7.60. The smallest absolute Gasteiger partial charge is 0.391 e. The molecule has 1 aliphatic carbocycles. The Morgan fingerprint density at radius 3 is 2.60 bits per heavy atom. The predicted molar refractivity (Wildman–Crippen MR) is 69.5 cm³/mol. The molecular formula is C12H18F3NO3S. The summed E-state index contributed by atoms with van der Waals surface area (Å²) in [5, 5.41) is 11.0. The Bertz CT molecular complexity index is 349. The van der Waals surface area contributed by atoms with Gasteiger partial charge < -0.3 is 10.4 Å². The third-order valence-corrected chi connectivity index (χ3v) is 4.22. The van der Waals surface area contributed by atoms with Crippen molar-refractivity contribution in [1.29, 1.82) is 0 Å². The third-order valence-electron chi connectivity index (χ3n) is 3.28. The van der Waals surface area contributed by atoms with Crippen LogP contribution in [0.25, 0.3) is 0 Å². The molecule has 2 N–H and O–H groups in total. The lowest BCUT2D eigenvalue weighted by molar-refractivity contribution is -0.186. The predicted octanol–water partition coefficient (Wildman–Crippen LogP) is 2.29. The van der Waals surface area contributed by atoms with Crippen LogP contribution in [0.4, 0.5) is 13.2 Å². The van der Waals surface area contributed by atoms with Crippen molar-refractivity contribution >= 4 is 23.6 Å². The first-order chi connectivity index (χ1) is 9.30. The molecule has 2 atom stereocenters. The SMILES string of the molecule is O=C(O)CSCCNC(=O)C1CCCC(C(F)(F)F)C1. The maximum absolute atomic E-state index is 12.6. The van der Waals surface area contributed by atoms with E-state index in [4.69, 9.17) is 5.11 Å². The van der Waals surface area contributed by atoms with Gasteiger partial charge in [-0.15, -0.1) is 11.8 Å². The van der Waals surface area contributed by atoms with Crippen molar-refractivity contribution < 1.29 is 27.9 Å². The van der Waals surface area contributed by atoms with E-state index in [1.165, 1.54) is 0 Å². The van der Waals surface area contributed by atoms with E-state index in [-0.39, 0.29) is 31.0 Å². The van der Waals surface area contributed by atoms with Gasteiger partial charge >= 0.3 is 12.1 Å². The molecule has 1 saturated carbocycles. The van der Waals surface area contributed by atoms with Crippen molar-refractivity contribution in [2.75, 3.05) is 18.1 Å². The first-order valence-electron chi connectivity index (χ1n) is 6.44. The average Bonchev–Trinajstić information content (AvgIpc) is 2.37. The number of thioether (sulfide) groups is 1. The van der Waals surface area contributed by atoms with Crippen LogP contribution in [0.5, 0.6) is 0 Å². The molecule has 1 rings (SSSR count). The van der Waals surface area contributed by atoms with Crippen molar-refractivity contribution in [2.24, 2.45) is 11.8 Å². The minimum absolute atomic E-state index is 0.0462. The molecule has 0 aromatic rings. The molecule has 4 nitrogen and oxygen atoms in total. The van der Waals surface area contributed by atoms with Gasteiger partial charge in [-0.1, -0.05) is 6.42 Å². The topological polar surface area (TPSA) is 66.4 Å². The van der Waals surface area contributed by atoms with E-state index >= 15 is 0 Å². The van der Waals surface area contributed by atoms with E-state index in [0.29, 0.717) is 18.6 Å². The van der Waals surface area contributed by atoms with Crippen molar-refractivity contribution in [1.82, 2.24) is 5.32 Å². The normalized spacial score (nSPS) is 23.4. The zero-order valence-corrected chi connectivity index (χ0v) is 11.7. The number of halogens is 3. The molecule has 0 spiro atoms. The standard InChI is InChI=1S/C12H18F3NO3S/c13-12(14,15)9-3-1-2-8(6-9)11(19)16-4-5-20-7-10(17)18/h8-9H,1-7H2,(H,16,19)(H,17,18). The minimum atomic E-state index is -4.23. The Hall–Kier alpha value is -0.920. The zero-order valence-electron chi connectivity index (χ0n) is 10.9. The summed E-state index contributed by atoms with van der Waals surface area (Å²) in [4.78, 5) is 22.0. The monoisotopic (exact) mass is 313 g/mol. The lowest BCUT2D eigenvalue weighted by Crippen LogP contribution is -2.38. The number of carbonyl (C=O) groups is 2. The highest BCUT2D eigenvalue weighted by Gasteiger charge is 2.43. The van der Waals surface area contributed by atoms with Gasteiger partial charge in [-0.25, -0.2) is 0 Å². The summed E-state index contributed by atoms with van der Waals surface area (Å²) in [5.41, 5.74) is 0. The lowest BCUT2D eigenvalue weighted by atomic mass is 9.80. The van der Waals surface area contributed by atoms with Crippen LogP contribution in [0.3, 0.4) is 0 Å². The Morgan fingerprint density at radius 1 is 1.30 bits per heavy atom. The Balaban J connectivity index is 2.27. The number of aliphatic carboxylic acids is 1. The number of carbonyl (C=O) groups excluding carboxylic acids is 1. The van der Waals surface area contributed by atoms with Gasteiger partial charge in [-0.3, -0.25) is 9.59 Å². The summed E-state index contributed by atoms with van der Waals surface area (Å²) in [6.45, 7) is 0.282.